The molecule has 10 rings (SSSR count). The lowest BCUT2D eigenvalue weighted by Crippen LogP contribution is -2.16. The Kier molecular flexibility index (Phi) is 6.56. The van der Waals surface area contributed by atoms with Crippen molar-refractivity contribution in [3.05, 3.63) is 187 Å². The molecular formula is C49H35NO. The molecular weight excluding hydrogens is 619 g/mol. The summed E-state index contributed by atoms with van der Waals surface area (Å²) in [6, 6.07) is 63.6. The number of nitrogens with zero attached hydrogens (tertiary/aromatic N) is 1. The average molecular weight is 654 g/mol. The van der Waals surface area contributed by atoms with Gasteiger partial charge in [0.2, 0.25) is 0 Å². The Morgan fingerprint density at radius 2 is 1.06 bits per heavy atom. The van der Waals surface area contributed by atoms with Crippen molar-refractivity contribution in [1.29, 1.82) is 0 Å². The number of furan rings is 1. The Morgan fingerprint density at radius 3 is 1.88 bits per heavy atom. The van der Waals surface area contributed by atoms with Crippen molar-refractivity contribution in [3.8, 4) is 33.4 Å². The maximum absolute atomic E-state index is 6.79. The molecule has 0 N–H and O–H groups in total. The first-order valence-corrected chi connectivity index (χ1v) is 17.7. The minimum atomic E-state index is -0.117. The molecule has 9 aromatic rings. The van der Waals surface area contributed by atoms with Crippen molar-refractivity contribution in [2.24, 2.45) is 0 Å². The van der Waals surface area contributed by atoms with Crippen LogP contribution in [0.4, 0.5) is 17.1 Å². The summed E-state index contributed by atoms with van der Waals surface area (Å²) in [4.78, 5) is 2.46. The fraction of sp³-hybridized carbons (Fsp3) is 0.0612. The van der Waals surface area contributed by atoms with Crippen LogP contribution in [0, 0.1) is 0 Å². The number of fused-ring (bicyclic) bond motifs is 7. The Balaban J connectivity index is 1.23. The maximum Gasteiger partial charge on any atom is 0.143 e. The number of rotatable bonds is 5. The molecule has 0 saturated carbocycles. The van der Waals surface area contributed by atoms with Crippen LogP contribution in [0.2, 0.25) is 0 Å². The van der Waals surface area contributed by atoms with E-state index in [2.05, 4.69) is 195 Å². The second-order valence-corrected chi connectivity index (χ2v) is 14.1. The van der Waals surface area contributed by atoms with E-state index in [4.69, 9.17) is 4.42 Å². The van der Waals surface area contributed by atoms with E-state index in [1.165, 1.54) is 44.2 Å². The van der Waals surface area contributed by atoms with Gasteiger partial charge in [-0.3, -0.25) is 0 Å². The third-order valence-corrected chi connectivity index (χ3v) is 10.9. The summed E-state index contributed by atoms with van der Waals surface area (Å²) < 4.78 is 6.79. The van der Waals surface area contributed by atoms with Crippen molar-refractivity contribution >= 4 is 49.8 Å². The van der Waals surface area contributed by atoms with Gasteiger partial charge in [0.15, 0.2) is 0 Å². The highest BCUT2D eigenvalue weighted by Gasteiger charge is 2.38. The van der Waals surface area contributed by atoms with Gasteiger partial charge in [0.25, 0.3) is 0 Å². The normalized spacial score (nSPS) is 13.1. The van der Waals surface area contributed by atoms with E-state index in [0.717, 1.165) is 50.1 Å². The zero-order chi connectivity index (χ0) is 34.1. The predicted octanol–water partition coefficient (Wildman–Crippen LogP) is 13.8. The van der Waals surface area contributed by atoms with Crippen LogP contribution in [0.25, 0.3) is 66.1 Å². The number of hydrogen-bond acceptors (Lipinski definition) is 2. The Labute approximate surface area is 297 Å². The van der Waals surface area contributed by atoms with Crippen molar-refractivity contribution in [3.63, 3.8) is 0 Å². The van der Waals surface area contributed by atoms with Crippen LogP contribution in [0.15, 0.2) is 180 Å². The van der Waals surface area contributed by atoms with E-state index in [1.54, 1.807) is 0 Å². The highest BCUT2D eigenvalue weighted by atomic mass is 16.3. The summed E-state index contributed by atoms with van der Waals surface area (Å²) in [6.07, 6.45) is 0. The van der Waals surface area contributed by atoms with Gasteiger partial charge in [0, 0.05) is 38.6 Å². The lowest BCUT2D eigenvalue weighted by atomic mass is 9.82. The van der Waals surface area contributed by atoms with Gasteiger partial charge in [-0.2, -0.15) is 0 Å². The van der Waals surface area contributed by atoms with Crippen LogP contribution in [0.5, 0.6) is 0 Å². The van der Waals surface area contributed by atoms with Gasteiger partial charge in [0.05, 0.1) is 11.4 Å². The molecule has 0 bridgehead atoms. The van der Waals surface area contributed by atoms with Crippen molar-refractivity contribution in [1.82, 2.24) is 0 Å². The fourth-order valence-electron chi connectivity index (χ4n) is 8.35. The summed E-state index contributed by atoms with van der Waals surface area (Å²) in [5, 5.41) is 4.65. The number of hydrogen-bond donors (Lipinski definition) is 0. The van der Waals surface area contributed by atoms with Gasteiger partial charge in [-0.05, 0) is 75.0 Å². The highest BCUT2D eigenvalue weighted by molar-refractivity contribution is 6.14. The standard InChI is InChI=1S/C49H35NO/c1-49(2)42-22-10-8-19-40(42)47-43(49)23-13-25-45(47)50(36-28-26-33(27-29-36)32-14-4-3-5-15-32)44-24-11-9-18-37(44)38-20-12-21-39-41-30-34-16-6-7-17-35(34)31-46(41)51-48(38)39/h3-31H,1-2H3. The van der Waals surface area contributed by atoms with Gasteiger partial charge in [-0.1, -0.05) is 153 Å². The number of benzene rings is 8. The smallest absolute Gasteiger partial charge is 0.143 e. The molecule has 242 valence electrons. The molecule has 2 heteroatoms. The van der Waals surface area contributed by atoms with E-state index in [-0.39, 0.29) is 5.41 Å². The topological polar surface area (TPSA) is 16.4 Å². The van der Waals surface area contributed by atoms with Crippen LogP contribution >= 0.6 is 0 Å². The van der Waals surface area contributed by atoms with E-state index >= 15 is 0 Å². The summed E-state index contributed by atoms with van der Waals surface area (Å²) in [5.74, 6) is 0. The molecule has 0 spiro atoms. The minimum Gasteiger partial charge on any atom is -0.455 e. The maximum atomic E-state index is 6.79. The predicted molar refractivity (Wildman–Crippen MR) is 214 cm³/mol. The van der Waals surface area contributed by atoms with Gasteiger partial charge >= 0.3 is 0 Å². The molecule has 1 aliphatic rings. The van der Waals surface area contributed by atoms with Gasteiger partial charge in [-0.25, -0.2) is 0 Å². The lowest BCUT2D eigenvalue weighted by Gasteiger charge is -2.30. The number of para-hydroxylation sites is 2. The SMILES string of the molecule is CC1(C)c2ccccc2-c2c(N(c3ccc(-c4ccccc4)cc3)c3ccccc3-c3cccc4c3oc3cc5ccccc5cc34)cccc21. The van der Waals surface area contributed by atoms with Gasteiger partial charge in [0.1, 0.15) is 11.2 Å². The van der Waals surface area contributed by atoms with Crippen LogP contribution in [0.3, 0.4) is 0 Å². The van der Waals surface area contributed by atoms with E-state index in [0.29, 0.717) is 0 Å². The van der Waals surface area contributed by atoms with E-state index in [9.17, 15) is 0 Å². The Morgan fingerprint density at radius 1 is 0.451 bits per heavy atom. The zero-order valence-electron chi connectivity index (χ0n) is 28.6. The second-order valence-electron chi connectivity index (χ2n) is 14.1. The molecule has 0 atom stereocenters. The first kappa shape index (κ1) is 29.5. The minimum absolute atomic E-state index is 0.117. The van der Waals surface area contributed by atoms with E-state index in [1.807, 2.05) is 0 Å². The molecule has 0 unspecified atom stereocenters. The lowest BCUT2D eigenvalue weighted by molar-refractivity contribution is 0.660. The molecule has 0 aliphatic heterocycles. The first-order valence-electron chi connectivity index (χ1n) is 17.7. The monoisotopic (exact) mass is 653 g/mol. The van der Waals surface area contributed by atoms with Gasteiger partial charge in [-0.15, -0.1) is 0 Å². The quantitative estimate of drug-likeness (QED) is 0.184. The summed E-state index contributed by atoms with van der Waals surface area (Å²) in [7, 11) is 0. The highest BCUT2D eigenvalue weighted by Crippen LogP contribution is 2.55. The van der Waals surface area contributed by atoms with Crippen molar-refractivity contribution in [2.45, 2.75) is 19.3 Å². The van der Waals surface area contributed by atoms with Crippen LogP contribution in [-0.2, 0) is 5.41 Å². The molecule has 51 heavy (non-hydrogen) atoms. The second kappa shape index (κ2) is 11.3. The Bertz CT molecular complexity index is 2770. The molecule has 0 radical (unpaired) electrons. The summed E-state index contributed by atoms with van der Waals surface area (Å²) in [6.45, 7) is 4.69. The number of anilines is 3. The van der Waals surface area contributed by atoms with Crippen LogP contribution < -0.4 is 4.90 Å². The third kappa shape index (κ3) is 4.57. The van der Waals surface area contributed by atoms with Gasteiger partial charge < -0.3 is 9.32 Å². The Hall–Kier alpha value is -6.38. The van der Waals surface area contributed by atoms with E-state index < -0.39 is 0 Å². The first-order chi connectivity index (χ1) is 25.1. The molecule has 0 saturated heterocycles. The fourth-order valence-corrected chi connectivity index (χ4v) is 8.35. The largest absolute Gasteiger partial charge is 0.455 e. The molecule has 1 aliphatic carbocycles. The van der Waals surface area contributed by atoms with Crippen molar-refractivity contribution in [2.75, 3.05) is 4.90 Å². The molecule has 8 aromatic carbocycles. The molecule has 1 heterocycles. The molecule has 2 nitrogen and oxygen atoms in total. The molecule has 0 amide bonds. The average Bonchev–Trinajstić information content (AvgIpc) is 3.66. The van der Waals surface area contributed by atoms with Crippen LogP contribution in [0.1, 0.15) is 25.0 Å². The third-order valence-electron chi connectivity index (χ3n) is 10.9. The summed E-state index contributed by atoms with van der Waals surface area (Å²) in [5.41, 5.74) is 14.9. The zero-order valence-corrected chi connectivity index (χ0v) is 28.6. The molecule has 1 aromatic heterocycles. The summed E-state index contributed by atoms with van der Waals surface area (Å²) >= 11 is 0. The van der Waals surface area contributed by atoms with Crippen LogP contribution in [-0.4, -0.2) is 0 Å². The van der Waals surface area contributed by atoms with Crippen molar-refractivity contribution < 1.29 is 4.42 Å². The molecule has 0 fully saturated rings.